The Bertz CT molecular complexity index is 809. The van der Waals surface area contributed by atoms with Crippen molar-refractivity contribution in [1.82, 2.24) is 15.1 Å². The zero-order valence-electron chi connectivity index (χ0n) is 20.2. The Hall–Kier alpha value is -2.03. The Morgan fingerprint density at radius 3 is 2.55 bits per heavy atom. The topological polar surface area (TPSA) is 87.9 Å². The Kier molecular flexibility index (Phi) is 8.84. The number of hydrogen-bond donors (Lipinski definition) is 2. The Balaban J connectivity index is 1.82. The first kappa shape index (κ1) is 25.6. The third-order valence-electron chi connectivity index (χ3n) is 7.43. The summed E-state index contributed by atoms with van der Waals surface area (Å²) in [7, 11) is 0. The first-order valence-electron chi connectivity index (χ1n) is 12.3. The standard InChI is InChI=1S/C25H39FN4O3/c1-4-25(5-2,24(32)28-11-12-29-13-15-33-16-14-29)22-10-9-21(30(22)23(31)18(3)27)19-7-6-8-20(26)17-19/h6-8,17-18,21-22H,4-5,9-16,27H2,1-3H3,(H,28,32)/t18-,21+,22-/m1/s1. The van der Waals surface area contributed by atoms with Crippen molar-refractivity contribution in [2.24, 2.45) is 11.1 Å². The first-order chi connectivity index (χ1) is 15.8. The van der Waals surface area contributed by atoms with Gasteiger partial charge in [-0.2, -0.15) is 0 Å². The number of rotatable bonds is 9. The van der Waals surface area contributed by atoms with Crippen molar-refractivity contribution in [2.45, 2.75) is 64.6 Å². The lowest BCUT2D eigenvalue weighted by Crippen LogP contribution is -2.57. The number of nitrogens with one attached hydrogen (secondary N) is 1. The van der Waals surface area contributed by atoms with Gasteiger partial charge in [0.15, 0.2) is 0 Å². The smallest absolute Gasteiger partial charge is 0.239 e. The number of hydrogen-bond acceptors (Lipinski definition) is 5. The monoisotopic (exact) mass is 462 g/mol. The van der Waals surface area contributed by atoms with Crippen LogP contribution in [0.25, 0.3) is 0 Å². The summed E-state index contributed by atoms with van der Waals surface area (Å²) in [4.78, 5) is 31.0. The van der Waals surface area contributed by atoms with E-state index in [1.165, 1.54) is 12.1 Å². The van der Waals surface area contributed by atoms with Crippen LogP contribution in [0.3, 0.4) is 0 Å². The summed E-state index contributed by atoms with van der Waals surface area (Å²) in [5, 5.41) is 3.15. The van der Waals surface area contributed by atoms with Gasteiger partial charge in [0, 0.05) is 32.2 Å². The van der Waals surface area contributed by atoms with Crippen LogP contribution in [0.2, 0.25) is 0 Å². The number of ether oxygens (including phenoxy) is 1. The van der Waals surface area contributed by atoms with Gasteiger partial charge in [-0.3, -0.25) is 14.5 Å². The second-order valence-electron chi connectivity index (χ2n) is 9.27. The van der Waals surface area contributed by atoms with Gasteiger partial charge in [-0.15, -0.1) is 0 Å². The number of halogens is 1. The minimum absolute atomic E-state index is 0.0203. The fraction of sp³-hybridized carbons (Fsp3) is 0.680. The summed E-state index contributed by atoms with van der Waals surface area (Å²) in [6.45, 7) is 10.2. The summed E-state index contributed by atoms with van der Waals surface area (Å²) in [5.74, 6) is -0.547. The molecule has 1 aromatic rings. The van der Waals surface area contributed by atoms with Crippen molar-refractivity contribution in [3.63, 3.8) is 0 Å². The van der Waals surface area contributed by atoms with E-state index < -0.39 is 11.5 Å². The zero-order valence-corrected chi connectivity index (χ0v) is 20.2. The molecule has 2 aliphatic rings. The molecule has 0 aromatic heterocycles. The van der Waals surface area contributed by atoms with Crippen LogP contribution >= 0.6 is 0 Å². The van der Waals surface area contributed by atoms with E-state index in [1.54, 1.807) is 17.9 Å². The van der Waals surface area contributed by atoms with Crippen LogP contribution in [-0.2, 0) is 14.3 Å². The predicted molar refractivity (Wildman–Crippen MR) is 126 cm³/mol. The van der Waals surface area contributed by atoms with Crippen molar-refractivity contribution in [3.8, 4) is 0 Å². The van der Waals surface area contributed by atoms with Gasteiger partial charge in [0.05, 0.1) is 30.7 Å². The average molecular weight is 463 g/mol. The van der Waals surface area contributed by atoms with E-state index in [2.05, 4.69) is 10.2 Å². The van der Waals surface area contributed by atoms with Crippen molar-refractivity contribution in [2.75, 3.05) is 39.4 Å². The average Bonchev–Trinajstić information content (AvgIpc) is 3.26. The second kappa shape index (κ2) is 11.4. The van der Waals surface area contributed by atoms with E-state index in [0.29, 0.717) is 32.2 Å². The molecule has 1 aromatic carbocycles. The van der Waals surface area contributed by atoms with E-state index >= 15 is 0 Å². The molecule has 2 saturated heterocycles. The third-order valence-corrected chi connectivity index (χ3v) is 7.43. The summed E-state index contributed by atoms with van der Waals surface area (Å²) >= 11 is 0. The quantitative estimate of drug-likeness (QED) is 0.589. The van der Waals surface area contributed by atoms with Gasteiger partial charge < -0.3 is 20.7 Å². The highest BCUT2D eigenvalue weighted by molar-refractivity contribution is 5.87. The number of carbonyl (C=O) groups excluding carboxylic acids is 2. The molecule has 0 spiro atoms. The first-order valence-corrected chi connectivity index (χ1v) is 12.3. The summed E-state index contributed by atoms with van der Waals surface area (Å²) in [6.07, 6.45) is 2.57. The lowest BCUT2D eigenvalue weighted by molar-refractivity contribution is -0.144. The van der Waals surface area contributed by atoms with Crippen LogP contribution in [-0.4, -0.2) is 73.1 Å². The molecule has 0 radical (unpaired) electrons. The van der Waals surface area contributed by atoms with Crippen molar-refractivity contribution in [1.29, 1.82) is 0 Å². The van der Waals surface area contributed by atoms with Crippen LogP contribution in [0.1, 0.15) is 58.1 Å². The minimum Gasteiger partial charge on any atom is -0.379 e. The second-order valence-corrected chi connectivity index (χ2v) is 9.27. The molecule has 0 aliphatic carbocycles. The number of carbonyl (C=O) groups is 2. The van der Waals surface area contributed by atoms with Gasteiger partial charge in [0.1, 0.15) is 5.82 Å². The number of morpholine rings is 1. The Labute approximate surface area is 196 Å². The number of nitrogens with zero attached hydrogens (tertiary/aromatic N) is 2. The Morgan fingerprint density at radius 2 is 1.94 bits per heavy atom. The molecule has 0 bridgehead atoms. The fourth-order valence-corrected chi connectivity index (χ4v) is 5.46. The van der Waals surface area contributed by atoms with Gasteiger partial charge in [-0.05, 0) is 50.3 Å². The molecule has 8 heteroatoms. The molecule has 2 fully saturated rings. The van der Waals surface area contributed by atoms with Crippen LogP contribution < -0.4 is 11.1 Å². The summed E-state index contributed by atoms with van der Waals surface area (Å²) < 4.78 is 19.4. The van der Waals surface area contributed by atoms with E-state index in [0.717, 1.165) is 38.4 Å². The van der Waals surface area contributed by atoms with Crippen LogP contribution in [0.5, 0.6) is 0 Å². The highest BCUT2D eigenvalue weighted by Gasteiger charge is 2.52. The number of amides is 2. The van der Waals surface area contributed by atoms with Crippen LogP contribution in [0.4, 0.5) is 4.39 Å². The molecule has 0 saturated carbocycles. The normalized spacial score (nSPS) is 22.9. The van der Waals surface area contributed by atoms with Crippen LogP contribution in [0.15, 0.2) is 24.3 Å². The molecule has 184 valence electrons. The van der Waals surface area contributed by atoms with Crippen LogP contribution in [0, 0.1) is 11.2 Å². The molecule has 33 heavy (non-hydrogen) atoms. The van der Waals surface area contributed by atoms with E-state index in [-0.39, 0.29) is 29.7 Å². The molecule has 7 nitrogen and oxygen atoms in total. The van der Waals surface area contributed by atoms with Crippen molar-refractivity contribution in [3.05, 3.63) is 35.6 Å². The highest BCUT2D eigenvalue weighted by atomic mass is 19.1. The van der Waals surface area contributed by atoms with E-state index in [1.807, 2.05) is 19.9 Å². The molecule has 3 rings (SSSR count). The number of nitrogens with two attached hydrogens (primary N) is 1. The molecule has 3 atom stereocenters. The summed E-state index contributed by atoms with van der Waals surface area (Å²) in [5.41, 5.74) is 6.06. The lowest BCUT2D eigenvalue weighted by atomic mass is 9.73. The van der Waals surface area contributed by atoms with Gasteiger partial charge in [0.2, 0.25) is 11.8 Å². The fourth-order valence-electron chi connectivity index (χ4n) is 5.46. The van der Waals surface area contributed by atoms with Gasteiger partial charge in [0.25, 0.3) is 0 Å². The molecule has 0 unspecified atom stereocenters. The molecule has 2 heterocycles. The third kappa shape index (κ3) is 5.55. The van der Waals surface area contributed by atoms with Crippen molar-refractivity contribution < 1.29 is 18.7 Å². The van der Waals surface area contributed by atoms with Gasteiger partial charge in [-0.1, -0.05) is 26.0 Å². The number of benzene rings is 1. The Morgan fingerprint density at radius 1 is 1.24 bits per heavy atom. The number of likely N-dealkylation sites (tertiary alicyclic amines) is 1. The van der Waals surface area contributed by atoms with E-state index in [4.69, 9.17) is 10.5 Å². The van der Waals surface area contributed by atoms with Gasteiger partial charge in [-0.25, -0.2) is 4.39 Å². The maximum atomic E-state index is 14.0. The SMILES string of the molecule is CCC(CC)(C(=O)NCCN1CCOCC1)[C@H]1CC[C@@H](c2cccc(F)c2)N1C(=O)[C@@H](C)N. The molecular weight excluding hydrogens is 423 g/mol. The van der Waals surface area contributed by atoms with Crippen molar-refractivity contribution >= 4 is 11.8 Å². The largest absolute Gasteiger partial charge is 0.379 e. The highest BCUT2D eigenvalue weighted by Crippen LogP contribution is 2.47. The maximum Gasteiger partial charge on any atom is 0.239 e. The molecule has 2 amide bonds. The van der Waals surface area contributed by atoms with Gasteiger partial charge >= 0.3 is 0 Å². The predicted octanol–water partition coefficient (Wildman–Crippen LogP) is 2.46. The maximum absolute atomic E-state index is 14.0. The summed E-state index contributed by atoms with van der Waals surface area (Å²) in [6, 6.07) is 5.12. The molecule has 2 aliphatic heterocycles. The molecular formula is C25H39FN4O3. The van der Waals surface area contributed by atoms with E-state index in [9.17, 15) is 14.0 Å². The zero-order chi connectivity index (χ0) is 24.0. The molecule has 3 N–H and O–H groups in total. The lowest BCUT2D eigenvalue weighted by Gasteiger charge is -2.43. The minimum atomic E-state index is -0.725.